The molecule has 0 spiro atoms. The Balaban J connectivity index is 2.31. The molecule has 2 heteroatoms. The van der Waals surface area contributed by atoms with E-state index >= 15 is 0 Å². The maximum Gasteiger partial charge on any atom is 0.123 e. The van der Waals surface area contributed by atoms with Gasteiger partial charge in [0.15, 0.2) is 0 Å². The van der Waals surface area contributed by atoms with Crippen LogP contribution in [0.3, 0.4) is 0 Å². The Morgan fingerprint density at radius 2 is 1.80 bits per heavy atom. The van der Waals surface area contributed by atoms with Gasteiger partial charge in [0, 0.05) is 16.6 Å². The van der Waals surface area contributed by atoms with Gasteiger partial charge in [0.05, 0.1) is 0 Å². The van der Waals surface area contributed by atoms with Gasteiger partial charge in [-0.1, -0.05) is 38.1 Å². The highest BCUT2D eigenvalue weighted by molar-refractivity contribution is 7.13. The summed E-state index contributed by atoms with van der Waals surface area (Å²) in [5.41, 5.74) is 3.70. The lowest BCUT2D eigenvalue weighted by molar-refractivity contribution is 0.867. The standard InChI is InChI=1S/C13H15NS/c1-9(2)11-4-6-12(7-5-11)13-14-10(3)8-15-13/h4-9H,1-3H3. The van der Waals surface area contributed by atoms with Crippen LogP contribution in [-0.2, 0) is 0 Å². The van der Waals surface area contributed by atoms with Gasteiger partial charge in [-0.3, -0.25) is 0 Å². The minimum Gasteiger partial charge on any atom is -0.241 e. The molecule has 0 radical (unpaired) electrons. The van der Waals surface area contributed by atoms with Gasteiger partial charge in [0.1, 0.15) is 5.01 Å². The molecular formula is C13H15NS. The number of hydrogen-bond donors (Lipinski definition) is 0. The van der Waals surface area contributed by atoms with Crippen molar-refractivity contribution in [1.29, 1.82) is 0 Å². The Hall–Kier alpha value is -1.15. The molecule has 0 aliphatic carbocycles. The quantitative estimate of drug-likeness (QED) is 0.733. The van der Waals surface area contributed by atoms with Crippen molar-refractivity contribution in [1.82, 2.24) is 4.98 Å². The van der Waals surface area contributed by atoms with E-state index in [9.17, 15) is 0 Å². The molecule has 2 aromatic rings. The lowest BCUT2D eigenvalue weighted by Crippen LogP contribution is -1.86. The van der Waals surface area contributed by atoms with Crippen LogP contribution in [0.4, 0.5) is 0 Å². The van der Waals surface area contributed by atoms with Crippen LogP contribution in [0.2, 0.25) is 0 Å². The number of thiazole rings is 1. The second-order valence-electron chi connectivity index (χ2n) is 4.07. The Labute approximate surface area is 94.8 Å². The van der Waals surface area contributed by atoms with Crippen LogP contribution in [0.1, 0.15) is 31.0 Å². The van der Waals surface area contributed by atoms with Gasteiger partial charge in [-0.15, -0.1) is 11.3 Å². The molecule has 0 bridgehead atoms. The molecule has 0 aliphatic heterocycles. The van der Waals surface area contributed by atoms with Gasteiger partial charge < -0.3 is 0 Å². The van der Waals surface area contributed by atoms with E-state index in [1.54, 1.807) is 11.3 Å². The third-order valence-corrected chi connectivity index (χ3v) is 3.45. The van der Waals surface area contributed by atoms with Crippen molar-refractivity contribution in [3.63, 3.8) is 0 Å². The highest BCUT2D eigenvalue weighted by Crippen LogP contribution is 2.25. The summed E-state index contributed by atoms with van der Waals surface area (Å²) in [6.07, 6.45) is 0. The first-order valence-corrected chi connectivity index (χ1v) is 6.07. The molecule has 0 amide bonds. The normalized spacial score (nSPS) is 10.9. The summed E-state index contributed by atoms with van der Waals surface area (Å²) in [5, 5.41) is 3.20. The monoisotopic (exact) mass is 217 g/mol. The predicted molar refractivity (Wildman–Crippen MR) is 66.4 cm³/mol. The topological polar surface area (TPSA) is 12.9 Å². The fourth-order valence-corrected chi connectivity index (χ4v) is 2.30. The smallest absolute Gasteiger partial charge is 0.123 e. The predicted octanol–water partition coefficient (Wildman–Crippen LogP) is 4.24. The summed E-state index contributed by atoms with van der Waals surface area (Å²) in [6.45, 7) is 6.45. The third kappa shape index (κ3) is 2.26. The van der Waals surface area contributed by atoms with Crippen LogP contribution in [0.25, 0.3) is 10.6 Å². The van der Waals surface area contributed by atoms with Crippen molar-refractivity contribution in [2.75, 3.05) is 0 Å². The van der Waals surface area contributed by atoms with Gasteiger partial charge in [-0.2, -0.15) is 0 Å². The highest BCUT2D eigenvalue weighted by atomic mass is 32.1. The van der Waals surface area contributed by atoms with E-state index in [4.69, 9.17) is 0 Å². The zero-order chi connectivity index (χ0) is 10.8. The first-order valence-electron chi connectivity index (χ1n) is 5.19. The number of nitrogens with zero attached hydrogens (tertiary/aromatic N) is 1. The molecule has 0 atom stereocenters. The molecule has 0 aliphatic rings. The maximum absolute atomic E-state index is 4.47. The third-order valence-electron chi connectivity index (χ3n) is 2.44. The summed E-state index contributed by atoms with van der Waals surface area (Å²) in [5.74, 6) is 0.595. The van der Waals surface area contributed by atoms with E-state index in [-0.39, 0.29) is 0 Å². The molecule has 0 saturated heterocycles. The fourth-order valence-electron chi connectivity index (χ4n) is 1.50. The summed E-state index contributed by atoms with van der Waals surface area (Å²) in [6, 6.07) is 8.70. The van der Waals surface area contributed by atoms with Crippen molar-refractivity contribution >= 4 is 11.3 Å². The van der Waals surface area contributed by atoms with Crippen molar-refractivity contribution < 1.29 is 0 Å². The number of hydrogen-bond acceptors (Lipinski definition) is 2. The van der Waals surface area contributed by atoms with Crippen molar-refractivity contribution in [3.8, 4) is 10.6 Å². The molecule has 0 N–H and O–H groups in total. The number of rotatable bonds is 2. The van der Waals surface area contributed by atoms with Crippen LogP contribution in [0, 0.1) is 6.92 Å². The minimum atomic E-state index is 0.595. The van der Waals surface area contributed by atoms with E-state index in [0.717, 1.165) is 10.7 Å². The Morgan fingerprint density at radius 3 is 2.27 bits per heavy atom. The highest BCUT2D eigenvalue weighted by Gasteiger charge is 2.03. The van der Waals surface area contributed by atoms with E-state index in [1.807, 2.05) is 6.92 Å². The van der Waals surface area contributed by atoms with Crippen LogP contribution in [0.5, 0.6) is 0 Å². The van der Waals surface area contributed by atoms with Crippen LogP contribution in [0.15, 0.2) is 29.6 Å². The summed E-state index contributed by atoms with van der Waals surface area (Å²) in [4.78, 5) is 4.47. The van der Waals surface area contributed by atoms with Gasteiger partial charge in [-0.25, -0.2) is 4.98 Å². The zero-order valence-corrected chi connectivity index (χ0v) is 10.1. The fraction of sp³-hybridized carbons (Fsp3) is 0.308. The second kappa shape index (κ2) is 4.15. The maximum atomic E-state index is 4.47. The molecule has 1 aromatic carbocycles. The zero-order valence-electron chi connectivity index (χ0n) is 9.32. The molecule has 1 nitrogen and oxygen atoms in total. The molecule has 0 saturated carbocycles. The van der Waals surface area contributed by atoms with E-state index in [1.165, 1.54) is 11.1 Å². The van der Waals surface area contributed by atoms with Crippen LogP contribution < -0.4 is 0 Å². The van der Waals surface area contributed by atoms with Gasteiger partial charge in [0.25, 0.3) is 0 Å². The lowest BCUT2D eigenvalue weighted by atomic mass is 10.0. The number of benzene rings is 1. The Bertz CT molecular complexity index is 440. The average molecular weight is 217 g/mol. The summed E-state index contributed by atoms with van der Waals surface area (Å²) in [7, 11) is 0. The van der Waals surface area contributed by atoms with Crippen LogP contribution >= 0.6 is 11.3 Å². The lowest BCUT2D eigenvalue weighted by Gasteiger charge is -2.05. The number of aryl methyl sites for hydroxylation is 1. The molecule has 0 unspecified atom stereocenters. The SMILES string of the molecule is Cc1csc(-c2ccc(C(C)C)cc2)n1. The van der Waals surface area contributed by atoms with Crippen molar-refractivity contribution in [3.05, 3.63) is 40.9 Å². The number of aromatic nitrogens is 1. The van der Waals surface area contributed by atoms with Crippen molar-refractivity contribution in [2.24, 2.45) is 0 Å². The average Bonchev–Trinajstić information content (AvgIpc) is 2.65. The first kappa shape index (κ1) is 10.4. The largest absolute Gasteiger partial charge is 0.241 e. The molecule has 0 fully saturated rings. The molecule has 78 valence electrons. The summed E-state index contributed by atoms with van der Waals surface area (Å²) < 4.78 is 0. The van der Waals surface area contributed by atoms with Gasteiger partial charge >= 0.3 is 0 Å². The Kier molecular flexibility index (Phi) is 2.87. The van der Waals surface area contributed by atoms with Crippen LogP contribution in [-0.4, -0.2) is 4.98 Å². The minimum absolute atomic E-state index is 0.595. The summed E-state index contributed by atoms with van der Waals surface area (Å²) >= 11 is 1.71. The van der Waals surface area contributed by atoms with E-state index < -0.39 is 0 Å². The van der Waals surface area contributed by atoms with E-state index in [0.29, 0.717) is 5.92 Å². The molecule has 1 heterocycles. The Morgan fingerprint density at radius 1 is 1.13 bits per heavy atom. The second-order valence-corrected chi connectivity index (χ2v) is 4.93. The van der Waals surface area contributed by atoms with Gasteiger partial charge in [0.2, 0.25) is 0 Å². The first-order chi connectivity index (χ1) is 7.16. The molecule has 2 rings (SSSR count). The molecule has 15 heavy (non-hydrogen) atoms. The van der Waals surface area contributed by atoms with Gasteiger partial charge in [-0.05, 0) is 18.4 Å². The molecule has 1 aromatic heterocycles. The van der Waals surface area contributed by atoms with E-state index in [2.05, 4.69) is 48.5 Å². The van der Waals surface area contributed by atoms with Crippen molar-refractivity contribution in [2.45, 2.75) is 26.7 Å². The molecular weight excluding hydrogens is 202 g/mol.